The first-order valence-corrected chi connectivity index (χ1v) is 9.50. The van der Waals surface area contributed by atoms with Crippen molar-refractivity contribution in [2.45, 2.75) is 46.5 Å². The van der Waals surface area contributed by atoms with E-state index in [0.717, 1.165) is 41.9 Å². The molecule has 1 aliphatic rings. The van der Waals surface area contributed by atoms with Crippen LogP contribution in [0, 0.1) is 0 Å². The average Bonchev–Trinajstić information content (AvgIpc) is 2.84. The maximum absolute atomic E-state index is 12.8. The molecule has 0 bridgehead atoms. The van der Waals surface area contributed by atoms with E-state index in [1.165, 1.54) is 0 Å². The fourth-order valence-corrected chi connectivity index (χ4v) is 3.05. The van der Waals surface area contributed by atoms with Gasteiger partial charge in [0.05, 0.1) is 12.3 Å². The van der Waals surface area contributed by atoms with Gasteiger partial charge in [-0.25, -0.2) is 0 Å². The van der Waals surface area contributed by atoms with E-state index in [2.05, 4.69) is 42.0 Å². The number of ether oxygens (including phenoxy) is 1. The molecule has 1 N–H and O–H groups in total. The number of rotatable bonds is 9. The Morgan fingerprint density at radius 2 is 2.15 bits per heavy atom. The van der Waals surface area contributed by atoms with Gasteiger partial charge in [0, 0.05) is 20.0 Å². The van der Waals surface area contributed by atoms with Gasteiger partial charge in [-0.1, -0.05) is 38.0 Å². The summed E-state index contributed by atoms with van der Waals surface area (Å²) in [5.74, 6) is 0.731. The first kappa shape index (κ1) is 20.7. The van der Waals surface area contributed by atoms with Crippen LogP contribution in [0.4, 0.5) is 5.69 Å². The van der Waals surface area contributed by atoms with Crippen molar-refractivity contribution in [3.63, 3.8) is 0 Å². The zero-order valence-electron chi connectivity index (χ0n) is 16.8. The molecule has 1 amide bonds. The molecule has 6 heteroatoms. The number of aromatic nitrogens is 2. The van der Waals surface area contributed by atoms with Gasteiger partial charge in [0.2, 0.25) is 0 Å². The highest BCUT2D eigenvalue weighted by atomic mass is 16.5. The largest absolute Gasteiger partial charge is 0.498 e. The Bertz CT molecular complexity index is 784. The lowest BCUT2D eigenvalue weighted by atomic mass is 10.1. The summed E-state index contributed by atoms with van der Waals surface area (Å²) in [6.07, 6.45) is 9.50. The number of carbonyl (C=O) groups excluding carboxylic acids is 1. The second-order valence-corrected chi connectivity index (χ2v) is 6.73. The van der Waals surface area contributed by atoms with Gasteiger partial charge in [-0.05, 0) is 38.1 Å². The zero-order valence-corrected chi connectivity index (χ0v) is 16.8. The maximum atomic E-state index is 12.8. The van der Waals surface area contributed by atoms with Crippen LogP contribution in [0.15, 0.2) is 40.1 Å². The van der Waals surface area contributed by atoms with Crippen LogP contribution in [0.5, 0.6) is 0 Å². The smallest absolute Gasteiger partial charge is 0.272 e. The van der Waals surface area contributed by atoms with Gasteiger partial charge < -0.3 is 10.1 Å². The van der Waals surface area contributed by atoms with E-state index in [1.54, 1.807) is 11.7 Å². The molecule has 0 aromatic carbocycles. The molecule has 27 heavy (non-hydrogen) atoms. The van der Waals surface area contributed by atoms with E-state index < -0.39 is 0 Å². The first-order chi connectivity index (χ1) is 13.0. The number of carbonyl (C=O) groups is 1. The summed E-state index contributed by atoms with van der Waals surface area (Å²) in [7, 11) is 1.76. The van der Waals surface area contributed by atoms with E-state index in [1.807, 2.05) is 19.1 Å². The number of hydrogen-bond acceptors (Lipinski definition) is 4. The fourth-order valence-electron chi connectivity index (χ4n) is 3.05. The normalized spacial score (nSPS) is 14.0. The van der Waals surface area contributed by atoms with Crippen molar-refractivity contribution in [3.05, 3.63) is 46.5 Å². The van der Waals surface area contributed by atoms with Gasteiger partial charge in [-0.15, -0.1) is 0 Å². The third kappa shape index (κ3) is 5.42. The van der Waals surface area contributed by atoms with Gasteiger partial charge in [0.15, 0.2) is 5.69 Å². The minimum atomic E-state index is -0.193. The molecule has 0 fully saturated rings. The topological polar surface area (TPSA) is 68.5 Å². The van der Waals surface area contributed by atoms with Crippen LogP contribution in [0.2, 0.25) is 0 Å². The van der Waals surface area contributed by atoms with Crippen molar-refractivity contribution in [2.24, 2.45) is 12.0 Å². The predicted octanol–water partition coefficient (Wildman–Crippen LogP) is 4.02. The van der Waals surface area contributed by atoms with Gasteiger partial charge >= 0.3 is 0 Å². The van der Waals surface area contributed by atoms with Crippen molar-refractivity contribution in [1.29, 1.82) is 0 Å². The molecule has 146 valence electrons. The molecule has 6 nitrogen and oxygen atoms in total. The number of allylic oxidation sites excluding steroid dienone is 5. The molecule has 1 heterocycles. The predicted molar refractivity (Wildman–Crippen MR) is 110 cm³/mol. The number of amides is 1. The summed E-state index contributed by atoms with van der Waals surface area (Å²) in [5.41, 5.74) is 4.07. The SMILES string of the molecule is C=Nc1c(CCC)nn(C)c1C(=O)NCC1=CC(C)=CC=C(OCCC)C1. The maximum Gasteiger partial charge on any atom is 0.272 e. The lowest BCUT2D eigenvalue weighted by Crippen LogP contribution is -2.28. The van der Waals surface area contributed by atoms with Crippen LogP contribution in [0.25, 0.3) is 0 Å². The minimum absolute atomic E-state index is 0.193. The standard InChI is InChI=1S/C21H30N4O2/c1-6-8-18-19(22-4)20(25(5)24-18)21(26)23-14-16-12-15(3)9-10-17(13-16)27-11-7-2/h9-10,12H,4,6-8,11,13-14H2,1-3,5H3,(H,23,26). The molecule has 0 spiro atoms. The van der Waals surface area contributed by atoms with Gasteiger partial charge in [0.1, 0.15) is 11.4 Å². The van der Waals surface area contributed by atoms with Crippen LogP contribution in [0.1, 0.15) is 56.2 Å². The van der Waals surface area contributed by atoms with E-state index in [0.29, 0.717) is 31.0 Å². The summed E-state index contributed by atoms with van der Waals surface area (Å²) in [6, 6.07) is 0. The lowest BCUT2D eigenvalue weighted by molar-refractivity contribution is 0.0947. The molecular weight excluding hydrogens is 340 g/mol. The summed E-state index contributed by atoms with van der Waals surface area (Å²) < 4.78 is 7.38. The van der Waals surface area contributed by atoms with Crippen LogP contribution >= 0.6 is 0 Å². The highest BCUT2D eigenvalue weighted by molar-refractivity contribution is 5.98. The first-order valence-electron chi connectivity index (χ1n) is 9.50. The quantitative estimate of drug-likeness (QED) is 0.668. The number of nitrogens with one attached hydrogen (secondary N) is 1. The molecule has 0 saturated heterocycles. The molecule has 0 aliphatic heterocycles. The number of hydrogen-bond donors (Lipinski definition) is 1. The van der Waals surface area contributed by atoms with Crippen LogP contribution < -0.4 is 5.32 Å². The van der Waals surface area contributed by atoms with E-state index >= 15 is 0 Å². The Hall–Kier alpha value is -2.63. The monoisotopic (exact) mass is 370 g/mol. The minimum Gasteiger partial charge on any atom is -0.498 e. The highest BCUT2D eigenvalue weighted by Crippen LogP contribution is 2.25. The Labute approximate surface area is 161 Å². The molecule has 0 unspecified atom stereocenters. The van der Waals surface area contributed by atoms with E-state index in [4.69, 9.17) is 4.74 Å². The Balaban J connectivity index is 2.10. The van der Waals surface area contributed by atoms with Crippen molar-refractivity contribution in [2.75, 3.05) is 13.2 Å². The number of nitrogens with zero attached hydrogens (tertiary/aromatic N) is 3. The molecule has 0 radical (unpaired) electrons. The van der Waals surface area contributed by atoms with Crippen molar-refractivity contribution in [3.8, 4) is 0 Å². The molecule has 1 aliphatic carbocycles. The third-order valence-corrected chi connectivity index (χ3v) is 4.28. The zero-order chi connectivity index (χ0) is 19.8. The second-order valence-electron chi connectivity index (χ2n) is 6.73. The van der Waals surface area contributed by atoms with Crippen molar-refractivity contribution >= 4 is 18.3 Å². The number of aryl methyl sites for hydroxylation is 2. The van der Waals surface area contributed by atoms with E-state index in [9.17, 15) is 4.79 Å². The molecule has 0 atom stereocenters. The Morgan fingerprint density at radius 3 is 2.81 bits per heavy atom. The fraction of sp³-hybridized carbons (Fsp3) is 0.476. The van der Waals surface area contributed by atoms with Crippen molar-refractivity contribution < 1.29 is 9.53 Å². The van der Waals surface area contributed by atoms with E-state index in [-0.39, 0.29) is 5.91 Å². The van der Waals surface area contributed by atoms with Gasteiger partial charge in [-0.2, -0.15) is 5.10 Å². The Kier molecular flexibility index (Phi) is 7.58. The second kappa shape index (κ2) is 9.90. The van der Waals surface area contributed by atoms with Gasteiger partial charge in [0.25, 0.3) is 5.91 Å². The molecule has 0 saturated carbocycles. The number of aliphatic imine (C=N–C) groups is 1. The van der Waals surface area contributed by atoms with Crippen LogP contribution in [-0.4, -0.2) is 35.6 Å². The summed E-state index contributed by atoms with van der Waals surface area (Å²) >= 11 is 0. The molecule has 1 aromatic heterocycles. The summed E-state index contributed by atoms with van der Waals surface area (Å²) in [6.45, 7) is 11.0. The van der Waals surface area contributed by atoms with Crippen molar-refractivity contribution in [1.82, 2.24) is 15.1 Å². The molecular formula is C21H30N4O2. The average molecular weight is 370 g/mol. The third-order valence-electron chi connectivity index (χ3n) is 4.28. The van der Waals surface area contributed by atoms with Crippen LogP contribution in [0.3, 0.4) is 0 Å². The van der Waals surface area contributed by atoms with Crippen LogP contribution in [-0.2, 0) is 18.2 Å². The Morgan fingerprint density at radius 1 is 1.37 bits per heavy atom. The molecule has 2 rings (SSSR count). The molecule has 1 aromatic rings. The highest BCUT2D eigenvalue weighted by Gasteiger charge is 2.21. The van der Waals surface area contributed by atoms with Gasteiger partial charge in [-0.3, -0.25) is 14.5 Å². The lowest BCUT2D eigenvalue weighted by Gasteiger charge is -2.12. The summed E-state index contributed by atoms with van der Waals surface area (Å²) in [4.78, 5) is 16.8. The summed E-state index contributed by atoms with van der Waals surface area (Å²) in [5, 5.41) is 7.43.